The molecule has 1 aromatic heterocycles. The third-order valence-electron chi connectivity index (χ3n) is 5.41. The molecule has 2 amide bonds. The first kappa shape index (κ1) is 18.4. The minimum Gasteiger partial charge on any atom is -0.496 e. The summed E-state index contributed by atoms with van der Waals surface area (Å²) in [4.78, 5) is 29.4. The molecule has 1 aliphatic carbocycles. The van der Waals surface area contributed by atoms with Gasteiger partial charge >= 0.3 is 0 Å². The van der Waals surface area contributed by atoms with Gasteiger partial charge in [0.25, 0.3) is 11.8 Å². The van der Waals surface area contributed by atoms with Crippen molar-refractivity contribution in [2.45, 2.75) is 12.5 Å². The van der Waals surface area contributed by atoms with Gasteiger partial charge in [-0.1, -0.05) is 18.2 Å². The molecule has 28 heavy (non-hydrogen) atoms. The average molecular weight is 381 g/mol. The van der Waals surface area contributed by atoms with Gasteiger partial charge in [0, 0.05) is 48.2 Å². The number of aromatic nitrogens is 1. The van der Waals surface area contributed by atoms with Crippen molar-refractivity contribution in [1.29, 1.82) is 0 Å². The molecule has 1 saturated heterocycles. The van der Waals surface area contributed by atoms with Crippen LogP contribution in [0.3, 0.4) is 0 Å². The van der Waals surface area contributed by atoms with Gasteiger partial charge in [0.05, 0.1) is 20.3 Å². The number of benzene rings is 1. The van der Waals surface area contributed by atoms with Crippen LogP contribution in [0.25, 0.3) is 0 Å². The predicted octanol–water partition coefficient (Wildman–Crippen LogP) is 1.42. The molecule has 3 atom stereocenters. The Morgan fingerprint density at radius 2 is 1.93 bits per heavy atom. The number of carbonyl (C=O) groups excluding carboxylic acids is 2. The quantitative estimate of drug-likeness (QED) is 0.790. The van der Waals surface area contributed by atoms with Crippen molar-refractivity contribution in [1.82, 2.24) is 15.6 Å². The summed E-state index contributed by atoms with van der Waals surface area (Å²) in [6.45, 7) is 1.41. The van der Waals surface area contributed by atoms with Gasteiger partial charge in [-0.15, -0.1) is 0 Å². The van der Waals surface area contributed by atoms with Gasteiger partial charge in [-0.05, 0) is 18.2 Å². The normalized spacial score (nSPS) is 22.3. The van der Waals surface area contributed by atoms with E-state index in [1.54, 1.807) is 20.2 Å². The highest BCUT2D eigenvalue weighted by molar-refractivity contribution is 5.98. The van der Waals surface area contributed by atoms with Crippen LogP contribution in [0.2, 0.25) is 0 Å². The Kier molecular flexibility index (Phi) is 5.00. The molecular weight excluding hydrogens is 358 g/mol. The summed E-state index contributed by atoms with van der Waals surface area (Å²) in [5, 5.41) is 5.64. The smallest absolute Gasteiger partial charge is 0.269 e. The Bertz CT molecular complexity index is 904. The van der Waals surface area contributed by atoms with Crippen LogP contribution < -0.4 is 15.4 Å². The molecule has 2 fully saturated rings. The van der Waals surface area contributed by atoms with Crippen LogP contribution >= 0.6 is 0 Å². The van der Waals surface area contributed by atoms with Gasteiger partial charge < -0.3 is 20.1 Å². The maximum Gasteiger partial charge on any atom is 0.269 e. The molecule has 2 N–H and O–H groups in total. The Balaban J connectivity index is 1.59. The summed E-state index contributed by atoms with van der Waals surface area (Å²) in [5.41, 5.74) is 2.23. The molecular formula is C21H23N3O4. The third kappa shape index (κ3) is 3.57. The SMILES string of the molecule is CNC(=O)c1cc(C(=O)NC2[C@H]3COC[C@@H]23)cc(Cc2ccccc2OC)n1. The highest BCUT2D eigenvalue weighted by Crippen LogP contribution is 2.44. The largest absolute Gasteiger partial charge is 0.496 e. The van der Waals surface area contributed by atoms with Crippen molar-refractivity contribution >= 4 is 11.8 Å². The lowest BCUT2D eigenvalue weighted by Crippen LogP contribution is -2.30. The number of amides is 2. The van der Waals surface area contributed by atoms with Crippen molar-refractivity contribution in [2.24, 2.45) is 11.8 Å². The van der Waals surface area contributed by atoms with E-state index in [1.165, 1.54) is 6.07 Å². The van der Waals surface area contributed by atoms with Gasteiger partial charge in [0.1, 0.15) is 11.4 Å². The second kappa shape index (κ2) is 7.59. The van der Waals surface area contributed by atoms with E-state index < -0.39 is 0 Å². The lowest BCUT2D eigenvalue weighted by Gasteiger charge is -2.12. The summed E-state index contributed by atoms with van der Waals surface area (Å²) < 4.78 is 10.8. The first-order valence-corrected chi connectivity index (χ1v) is 9.34. The van der Waals surface area contributed by atoms with Crippen LogP contribution in [-0.4, -0.2) is 50.2 Å². The van der Waals surface area contributed by atoms with E-state index in [0.717, 1.165) is 11.3 Å². The molecule has 1 unspecified atom stereocenters. The first-order valence-electron chi connectivity index (χ1n) is 9.34. The fourth-order valence-electron chi connectivity index (χ4n) is 3.79. The van der Waals surface area contributed by atoms with Crippen LogP contribution in [0.4, 0.5) is 0 Å². The van der Waals surface area contributed by atoms with Gasteiger partial charge in [0.2, 0.25) is 0 Å². The van der Waals surface area contributed by atoms with Gasteiger partial charge in [-0.2, -0.15) is 0 Å². The topological polar surface area (TPSA) is 89.6 Å². The molecule has 146 valence electrons. The summed E-state index contributed by atoms with van der Waals surface area (Å²) in [6.07, 6.45) is 0.456. The molecule has 4 rings (SSSR count). The Morgan fingerprint density at radius 3 is 2.64 bits per heavy atom. The van der Waals surface area contributed by atoms with E-state index in [1.807, 2.05) is 24.3 Å². The average Bonchev–Trinajstić information content (AvgIpc) is 3.13. The molecule has 7 heteroatoms. The van der Waals surface area contributed by atoms with E-state index >= 15 is 0 Å². The monoisotopic (exact) mass is 381 g/mol. The minimum absolute atomic E-state index is 0.163. The molecule has 1 saturated carbocycles. The number of nitrogens with zero attached hydrogens (tertiary/aromatic N) is 1. The van der Waals surface area contributed by atoms with Crippen LogP contribution in [0, 0.1) is 11.8 Å². The van der Waals surface area contributed by atoms with Crippen LogP contribution in [0.15, 0.2) is 36.4 Å². The molecule has 1 aromatic carbocycles. The van der Waals surface area contributed by atoms with E-state index in [0.29, 0.717) is 42.7 Å². The van der Waals surface area contributed by atoms with Crippen molar-refractivity contribution in [3.05, 3.63) is 58.9 Å². The second-order valence-corrected chi connectivity index (χ2v) is 7.16. The molecule has 2 heterocycles. The minimum atomic E-state index is -0.326. The van der Waals surface area contributed by atoms with Crippen LogP contribution in [0.1, 0.15) is 32.1 Å². The number of ether oxygens (including phenoxy) is 2. The zero-order valence-electron chi connectivity index (χ0n) is 15.9. The number of rotatable bonds is 6. The number of carbonyl (C=O) groups is 2. The number of hydrogen-bond donors (Lipinski definition) is 2. The maximum atomic E-state index is 12.8. The van der Waals surface area contributed by atoms with E-state index in [-0.39, 0.29) is 23.6 Å². The van der Waals surface area contributed by atoms with Crippen molar-refractivity contribution in [2.75, 3.05) is 27.4 Å². The van der Waals surface area contributed by atoms with Gasteiger partial charge in [0.15, 0.2) is 0 Å². The Hall–Kier alpha value is -2.93. The summed E-state index contributed by atoms with van der Waals surface area (Å²) >= 11 is 0. The van der Waals surface area contributed by atoms with Crippen molar-refractivity contribution < 1.29 is 19.1 Å². The third-order valence-corrected chi connectivity index (χ3v) is 5.41. The van der Waals surface area contributed by atoms with E-state index in [9.17, 15) is 9.59 Å². The highest BCUT2D eigenvalue weighted by atomic mass is 16.5. The lowest BCUT2D eigenvalue weighted by molar-refractivity contribution is 0.0928. The molecule has 2 aromatic rings. The summed E-state index contributed by atoms with van der Waals surface area (Å²) in [5.74, 6) is 1.06. The fourth-order valence-corrected chi connectivity index (χ4v) is 3.79. The standard InChI is InChI=1S/C21H23N3O4/c1-22-21(26)17-9-13(20(25)24-19-15-10-28-11-16(15)19)8-14(23-17)7-12-5-3-4-6-18(12)27-2/h3-6,8-9,15-16,19H,7,10-11H2,1-2H3,(H,22,26)(H,24,25)/t15-,16+,19?. The van der Waals surface area contributed by atoms with Crippen LogP contribution in [0.5, 0.6) is 5.75 Å². The van der Waals surface area contributed by atoms with E-state index in [2.05, 4.69) is 15.6 Å². The first-order chi connectivity index (χ1) is 13.6. The van der Waals surface area contributed by atoms with Gasteiger partial charge in [-0.25, -0.2) is 4.98 Å². The predicted molar refractivity (Wildman–Crippen MR) is 102 cm³/mol. The summed E-state index contributed by atoms with van der Waals surface area (Å²) in [7, 11) is 3.16. The molecule has 1 aliphatic heterocycles. The number of para-hydroxylation sites is 1. The molecule has 0 spiro atoms. The molecule has 2 aliphatic rings. The number of nitrogens with one attached hydrogen (secondary N) is 2. The van der Waals surface area contributed by atoms with Crippen LogP contribution in [-0.2, 0) is 11.2 Å². The van der Waals surface area contributed by atoms with Crippen molar-refractivity contribution in [3.8, 4) is 5.75 Å². The molecule has 0 bridgehead atoms. The number of hydrogen-bond acceptors (Lipinski definition) is 5. The summed E-state index contributed by atoms with van der Waals surface area (Å²) in [6, 6.07) is 11.1. The number of fused-ring (bicyclic) bond motifs is 1. The second-order valence-electron chi connectivity index (χ2n) is 7.16. The van der Waals surface area contributed by atoms with Gasteiger partial charge in [-0.3, -0.25) is 9.59 Å². The number of methoxy groups -OCH3 is 1. The maximum absolute atomic E-state index is 12.8. The molecule has 0 radical (unpaired) electrons. The fraction of sp³-hybridized carbons (Fsp3) is 0.381. The Morgan fingerprint density at radius 1 is 1.18 bits per heavy atom. The highest BCUT2D eigenvalue weighted by Gasteiger charge is 2.54. The zero-order chi connectivity index (χ0) is 19.7. The number of pyridine rings is 1. The van der Waals surface area contributed by atoms with E-state index in [4.69, 9.17) is 9.47 Å². The molecule has 7 nitrogen and oxygen atoms in total. The lowest BCUT2D eigenvalue weighted by atomic mass is 10.1. The zero-order valence-corrected chi connectivity index (χ0v) is 15.9. The Labute approximate surface area is 163 Å². The van der Waals surface area contributed by atoms with Crippen molar-refractivity contribution in [3.63, 3.8) is 0 Å².